The average Bonchev–Trinajstić information content (AvgIpc) is 3.28. The third kappa shape index (κ3) is 6.30. The van der Waals surface area contributed by atoms with Gasteiger partial charge in [-0.25, -0.2) is 0 Å². The minimum Gasteiger partial charge on any atom is -0.507 e. The lowest BCUT2D eigenvalue weighted by atomic mass is 9.98. The minimum atomic E-state index is -0.0375. The molecule has 0 amide bonds. The van der Waals surface area contributed by atoms with Gasteiger partial charge in [-0.15, -0.1) is 22.0 Å². The molecule has 3 rings (SSSR count). The first-order valence-corrected chi connectivity index (χ1v) is 11.4. The molecular formula is C23H28N4O3S. The van der Waals surface area contributed by atoms with Crippen LogP contribution in [0.2, 0.25) is 0 Å². The summed E-state index contributed by atoms with van der Waals surface area (Å²) in [7, 11) is 0. The Labute approximate surface area is 186 Å². The third-order valence-corrected chi connectivity index (χ3v) is 5.90. The van der Waals surface area contributed by atoms with E-state index < -0.39 is 0 Å². The molecule has 31 heavy (non-hydrogen) atoms. The maximum atomic E-state index is 12.3. The van der Waals surface area contributed by atoms with Gasteiger partial charge in [-0.3, -0.25) is 4.79 Å². The molecule has 0 unspecified atom stereocenters. The second kappa shape index (κ2) is 10.9. The molecule has 1 heterocycles. The van der Waals surface area contributed by atoms with Gasteiger partial charge in [-0.2, -0.15) is 5.21 Å². The molecule has 2 N–H and O–H groups in total. The average molecular weight is 441 g/mol. The number of Topliss-reactive ketones (excluding diaryl/α,β-unsaturated/α-hetero) is 1. The number of carbonyl (C=O) groups excluding carboxylic acids is 1. The lowest BCUT2D eigenvalue weighted by Crippen LogP contribution is -2.06. The van der Waals surface area contributed by atoms with E-state index in [1.807, 2.05) is 26.0 Å². The largest absolute Gasteiger partial charge is 0.507 e. The number of rotatable bonds is 11. The van der Waals surface area contributed by atoms with Crippen LogP contribution in [0.3, 0.4) is 0 Å². The van der Waals surface area contributed by atoms with Crippen LogP contribution in [0.5, 0.6) is 11.5 Å². The molecule has 0 aliphatic rings. The second-order valence-electron chi connectivity index (χ2n) is 7.77. The van der Waals surface area contributed by atoms with Crippen molar-refractivity contribution >= 4 is 17.5 Å². The number of nitrogens with zero attached hydrogens (tertiary/aromatic N) is 3. The van der Waals surface area contributed by atoms with Crippen LogP contribution in [0.15, 0.2) is 41.3 Å². The van der Waals surface area contributed by atoms with Crippen molar-refractivity contribution in [1.82, 2.24) is 20.6 Å². The van der Waals surface area contributed by atoms with Crippen molar-refractivity contribution < 1.29 is 14.6 Å². The second-order valence-corrected chi connectivity index (χ2v) is 8.94. The monoisotopic (exact) mass is 440 g/mol. The van der Waals surface area contributed by atoms with Crippen LogP contribution in [0.25, 0.3) is 11.4 Å². The number of phenols is 1. The lowest BCUT2D eigenvalue weighted by molar-refractivity contribution is 0.0965. The zero-order valence-electron chi connectivity index (χ0n) is 18.1. The Balaban J connectivity index is 1.41. The van der Waals surface area contributed by atoms with Crippen molar-refractivity contribution in [3.8, 4) is 22.9 Å². The van der Waals surface area contributed by atoms with E-state index in [4.69, 9.17) is 4.74 Å². The molecule has 7 nitrogen and oxygen atoms in total. The number of aromatic hydroxyl groups is 1. The first kappa shape index (κ1) is 22.8. The number of phenolic OH excluding ortho intramolecular Hbond substituents is 1. The summed E-state index contributed by atoms with van der Waals surface area (Å²) in [6.45, 7) is 6.33. The van der Waals surface area contributed by atoms with E-state index in [0.717, 1.165) is 24.2 Å². The predicted octanol–water partition coefficient (Wildman–Crippen LogP) is 5.06. The summed E-state index contributed by atoms with van der Waals surface area (Å²) in [5.74, 6) is 2.45. The molecule has 0 spiro atoms. The van der Waals surface area contributed by atoms with Crippen molar-refractivity contribution in [2.45, 2.75) is 44.9 Å². The fraction of sp³-hybridized carbons (Fsp3) is 0.391. The zero-order valence-corrected chi connectivity index (χ0v) is 18.9. The van der Waals surface area contributed by atoms with Gasteiger partial charge in [-0.1, -0.05) is 13.8 Å². The van der Waals surface area contributed by atoms with Crippen LogP contribution in [0.4, 0.5) is 0 Å². The molecule has 0 aliphatic heterocycles. The molecule has 0 aliphatic carbocycles. The number of H-pyrrole nitrogens is 1. The van der Waals surface area contributed by atoms with Gasteiger partial charge in [0.1, 0.15) is 11.5 Å². The molecule has 1 aromatic heterocycles. The van der Waals surface area contributed by atoms with Crippen LogP contribution in [0.1, 0.15) is 49.0 Å². The minimum absolute atomic E-state index is 0.0305. The van der Waals surface area contributed by atoms with Crippen molar-refractivity contribution in [3.63, 3.8) is 0 Å². The first-order valence-electron chi connectivity index (χ1n) is 10.4. The Kier molecular flexibility index (Phi) is 8.06. The normalized spacial score (nSPS) is 11.1. The Bertz CT molecular complexity index is 989. The zero-order chi connectivity index (χ0) is 22.2. The van der Waals surface area contributed by atoms with E-state index in [1.54, 1.807) is 30.8 Å². The molecule has 0 saturated heterocycles. The Hall–Kier alpha value is -2.87. The first-order chi connectivity index (χ1) is 15.0. The van der Waals surface area contributed by atoms with E-state index in [2.05, 4.69) is 32.8 Å². The van der Waals surface area contributed by atoms with E-state index in [1.165, 1.54) is 4.90 Å². The SMILES string of the molecule is Cc1c(OCCCCSc2ccc(-c3nn[nH]n3)cc2)ccc(C(=O)CC(C)C)c1O. The van der Waals surface area contributed by atoms with Gasteiger partial charge in [0.25, 0.3) is 0 Å². The number of unbranched alkanes of at least 4 members (excludes halogenated alkanes) is 1. The smallest absolute Gasteiger partial charge is 0.204 e. The number of benzene rings is 2. The van der Waals surface area contributed by atoms with Crippen molar-refractivity contribution in [2.75, 3.05) is 12.4 Å². The maximum absolute atomic E-state index is 12.3. The highest BCUT2D eigenvalue weighted by Crippen LogP contribution is 2.32. The molecule has 0 radical (unpaired) electrons. The van der Waals surface area contributed by atoms with Gasteiger partial charge in [0, 0.05) is 22.4 Å². The molecule has 3 aromatic rings. The number of nitrogens with one attached hydrogen (secondary N) is 1. The molecule has 8 heteroatoms. The fourth-order valence-corrected chi connectivity index (χ4v) is 4.02. The number of aromatic amines is 1. The van der Waals surface area contributed by atoms with Gasteiger partial charge in [0.05, 0.1) is 12.2 Å². The summed E-state index contributed by atoms with van der Waals surface area (Å²) in [6, 6.07) is 11.5. The lowest BCUT2D eigenvalue weighted by Gasteiger charge is -2.13. The molecule has 0 saturated carbocycles. The molecule has 0 fully saturated rings. The Morgan fingerprint density at radius 3 is 2.61 bits per heavy atom. The number of ether oxygens (including phenoxy) is 1. The highest BCUT2D eigenvalue weighted by molar-refractivity contribution is 7.99. The highest BCUT2D eigenvalue weighted by Gasteiger charge is 2.17. The summed E-state index contributed by atoms with van der Waals surface area (Å²) in [5.41, 5.74) is 1.92. The fourth-order valence-electron chi connectivity index (χ4n) is 3.10. The van der Waals surface area contributed by atoms with E-state index >= 15 is 0 Å². The highest BCUT2D eigenvalue weighted by atomic mass is 32.2. The number of tetrazole rings is 1. The molecule has 164 valence electrons. The number of hydrogen-bond acceptors (Lipinski definition) is 7. The maximum Gasteiger partial charge on any atom is 0.204 e. The van der Waals surface area contributed by atoms with Gasteiger partial charge in [-0.05, 0) is 73.0 Å². The quantitative estimate of drug-likeness (QED) is 0.244. The number of ketones is 1. The Morgan fingerprint density at radius 1 is 1.16 bits per heavy atom. The summed E-state index contributed by atoms with van der Waals surface area (Å²) in [5, 5.41) is 24.4. The molecule has 0 bridgehead atoms. The molecule has 2 aromatic carbocycles. The van der Waals surface area contributed by atoms with Gasteiger partial charge < -0.3 is 9.84 Å². The molecular weight excluding hydrogens is 412 g/mol. The Morgan fingerprint density at radius 2 is 1.94 bits per heavy atom. The summed E-state index contributed by atoms with van der Waals surface area (Å²) in [6.07, 6.45) is 2.33. The summed E-state index contributed by atoms with van der Waals surface area (Å²) < 4.78 is 5.84. The molecule has 0 atom stereocenters. The topological polar surface area (TPSA) is 101 Å². The predicted molar refractivity (Wildman–Crippen MR) is 122 cm³/mol. The van der Waals surface area contributed by atoms with Crippen LogP contribution >= 0.6 is 11.8 Å². The number of carbonyl (C=O) groups is 1. The standard InChI is InChI=1S/C23H28N4O3S/c1-15(2)14-20(28)19-10-11-21(16(3)22(19)29)30-12-4-5-13-31-18-8-6-17(7-9-18)23-24-26-27-25-23/h6-11,15,29H,4-5,12-14H2,1-3H3,(H,24,25,26,27). The third-order valence-electron chi connectivity index (χ3n) is 4.80. The van der Waals surface area contributed by atoms with Crippen LogP contribution in [0, 0.1) is 12.8 Å². The van der Waals surface area contributed by atoms with Crippen LogP contribution in [-0.4, -0.2) is 43.9 Å². The van der Waals surface area contributed by atoms with E-state index in [0.29, 0.717) is 35.7 Å². The number of thioether (sulfide) groups is 1. The van der Waals surface area contributed by atoms with Crippen molar-refractivity contribution in [1.29, 1.82) is 0 Å². The number of aromatic nitrogens is 4. The van der Waals surface area contributed by atoms with Crippen LogP contribution < -0.4 is 4.74 Å². The van der Waals surface area contributed by atoms with Crippen LogP contribution in [-0.2, 0) is 0 Å². The van der Waals surface area contributed by atoms with Gasteiger partial charge in [0.15, 0.2) is 5.78 Å². The summed E-state index contributed by atoms with van der Waals surface area (Å²) in [4.78, 5) is 13.4. The van der Waals surface area contributed by atoms with Gasteiger partial charge in [0.2, 0.25) is 5.82 Å². The van der Waals surface area contributed by atoms with Crippen molar-refractivity contribution in [2.24, 2.45) is 5.92 Å². The van der Waals surface area contributed by atoms with Crippen molar-refractivity contribution in [3.05, 3.63) is 47.5 Å². The number of hydrogen-bond donors (Lipinski definition) is 2. The van der Waals surface area contributed by atoms with E-state index in [-0.39, 0.29) is 17.5 Å². The van der Waals surface area contributed by atoms with Gasteiger partial charge >= 0.3 is 0 Å². The summed E-state index contributed by atoms with van der Waals surface area (Å²) >= 11 is 1.79. The van der Waals surface area contributed by atoms with E-state index in [9.17, 15) is 9.90 Å².